The third-order valence-corrected chi connectivity index (χ3v) is 3.50. The van der Waals surface area contributed by atoms with Crippen molar-refractivity contribution in [1.82, 2.24) is 20.0 Å². The fraction of sp³-hybridized carbons (Fsp3) is 0.133. The molecular weight excluding hydrogens is 332 g/mol. The van der Waals surface area contributed by atoms with Crippen LogP contribution in [0.15, 0.2) is 59.3 Å². The highest BCUT2D eigenvalue weighted by Crippen LogP contribution is 2.17. The second kappa shape index (κ2) is 6.15. The summed E-state index contributed by atoms with van der Waals surface area (Å²) in [7, 11) is 0. The second-order valence-corrected chi connectivity index (χ2v) is 5.50. The van der Waals surface area contributed by atoms with Crippen molar-refractivity contribution in [1.29, 1.82) is 0 Å². The molecule has 1 unspecified atom stereocenters. The van der Waals surface area contributed by atoms with E-state index >= 15 is 0 Å². The van der Waals surface area contributed by atoms with Crippen LogP contribution in [0.4, 0.5) is 0 Å². The number of nitrogens with zero attached hydrogens (tertiary/aromatic N) is 4. The van der Waals surface area contributed by atoms with E-state index in [0.29, 0.717) is 12.1 Å². The molecule has 0 radical (unpaired) electrons. The summed E-state index contributed by atoms with van der Waals surface area (Å²) in [5, 5.41) is 18.7. The van der Waals surface area contributed by atoms with Gasteiger partial charge in [0.15, 0.2) is 0 Å². The number of aliphatic hydroxyl groups is 1. The Labute approximate surface area is 130 Å². The quantitative estimate of drug-likeness (QED) is 0.790. The lowest BCUT2D eigenvalue weighted by molar-refractivity contribution is 0.172. The molecule has 3 aromatic rings. The molecular formula is C15H13BrN4O. The predicted molar refractivity (Wildman–Crippen MR) is 82.0 cm³/mol. The lowest BCUT2D eigenvalue weighted by Crippen LogP contribution is -2.05. The van der Waals surface area contributed by atoms with Crippen LogP contribution >= 0.6 is 15.9 Å². The van der Waals surface area contributed by atoms with Gasteiger partial charge in [-0.15, -0.1) is 0 Å². The fourth-order valence-electron chi connectivity index (χ4n) is 1.94. The van der Waals surface area contributed by atoms with E-state index in [2.05, 4.69) is 31.1 Å². The molecule has 2 aromatic heterocycles. The molecule has 0 aliphatic heterocycles. The lowest BCUT2D eigenvalue weighted by atomic mass is 10.1. The molecule has 1 atom stereocenters. The molecule has 3 rings (SSSR count). The molecule has 0 spiro atoms. The van der Waals surface area contributed by atoms with Gasteiger partial charge in [-0.05, 0) is 40.2 Å². The average Bonchev–Trinajstić information content (AvgIpc) is 3.00. The van der Waals surface area contributed by atoms with Crippen LogP contribution in [0, 0.1) is 0 Å². The largest absolute Gasteiger partial charge is 0.386 e. The molecule has 0 aliphatic rings. The first-order valence-electron chi connectivity index (χ1n) is 6.48. The lowest BCUT2D eigenvalue weighted by Gasteiger charge is -2.06. The van der Waals surface area contributed by atoms with Crippen molar-refractivity contribution in [3.63, 3.8) is 0 Å². The van der Waals surface area contributed by atoms with Crippen molar-refractivity contribution >= 4 is 15.9 Å². The van der Waals surface area contributed by atoms with E-state index in [0.717, 1.165) is 15.9 Å². The number of pyridine rings is 1. The number of para-hydroxylation sites is 1. The SMILES string of the molecule is OC(Cc1ccc(Br)cn1)c1cnn(-c2ccccc2)n1. The molecule has 2 heterocycles. The van der Waals surface area contributed by atoms with Crippen LogP contribution in [-0.2, 0) is 6.42 Å². The Morgan fingerprint density at radius 2 is 1.90 bits per heavy atom. The molecule has 21 heavy (non-hydrogen) atoms. The summed E-state index contributed by atoms with van der Waals surface area (Å²) in [6.07, 6.45) is 2.97. The van der Waals surface area contributed by atoms with Crippen LogP contribution in [0.5, 0.6) is 0 Å². The Bertz CT molecular complexity index is 712. The number of aliphatic hydroxyl groups excluding tert-OH is 1. The third-order valence-electron chi connectivity index (χ3n) is 3.03. The summed E-state index contributed by atoms with van der Waals surface area (Å²) in [4.78, 5) is 5.75. The number of halogens is 1. The standard InChI is InChI=1S/C15H13BrN4O/c16-11-6-7-12(17-9-11)8-15(21)14-10-18-20(19-14)13-4-2-1-3-5-13/h1-7,9-10,15,21H,8H2. The molecule has 106 valence electrons. The van der Waals surface area contributed by atoms with E-state index in [1.54, 1.807) is 12.4 Å². The number of hydrogen-bond acceptors (Lipinski definition) is 4. The Balaban J connectivity index is 1.75. The van der Waals surface area contributed by atoms with Crippen LogP contribution in [0.2, 0.25) is 0 Å². The van der Waals surface area contributed by atoms with Crippen LogP contribution in [0.25, 0.3) is 5.69 Å². The van der Waals surface area contributed by atoms with Gasteiger partial charge in [0.05, 0.1) is 11.9 Å². The molecule has 5 nitrogen and oxygen atoms in total. The zero-order valence-electron chi connectivity index (χ0n) is 11.1. The second-order valence-electron chi connectivity index (χ2n) is 4.58. The van der Waals surface area contributed by atoms with E-state index in [9.17, 15) is 5.11 Å². The summed E-state index contributed by atoms with van der Waals surface area (Å²) in [6, 6.07) is 13.4. The predicted octanol–water partition coefficient (Wildman–Crippen LogP) is 2.70. The van der Waals surface area contributed by atoms with Gasteiger partial charge in [-0.3, -0.25) is 4.98 Å². The Hall–Kier alpha value is -2.05. The van der Waals surface area contributed by atoms with E-state index < -0.39 is 6.10 Å². The maximum Gasteiger partial charge on any atom is 0.112 e. The van der Waals surface area contributed by atoms with E-state index in [-0.39, 0.29) is 0 Å². The maximum absolute atomic E-state index is 10.2. The van der Waals surface area contributed by atoms with Crippen molar-refractivity contribution in [2.24, 2.45) is 0 Å². The molecule has 0 aliphatic carbocycles. The zero-order valence-corrected chi connectivity index (χ0v) is 12.7. The third kappa shape index (κ3) is 3.34. The van der Waals surface area contributed by atoms with Gasteiger partial charge < -0.3 is 5.11 Å². The topological polar surface area (TPSA) is 63.8 Å². The van der Waals surface area contributed by atoms with Crippen molar-refractivity contribution in [2.75, 3.05) is 0 Å². The number of hydrogen-bond donors (Lipinski definition) is 1. The van der Waals surface area contributed by atoms with Crippen molar-refractivity contribution in [3.05, 3.63) is 70.7 Å². The number of rotatable bonds is 4. The first kappa shape index (κ1) is 13.9. The summed E-state index contributed by atoms with van der Waals surface area (Å²) >= 11 is 3.34. The van der Waals surface area contributed by atoms with Gasteiger partial charge in [-0.25, -0.2) is 0 Å². The molecule has 0 bridgehead atoms. The van der Waals surface area contributed by atoms with Gasteiger partial charge in [-0.1, -0.05) is 18.2 Å². The summed E-state index contributed by atoms with van der Waals surface area (Å²) < 4.78 is 0.913. The minimum atomic E-state index is -0.726. The van der Waals surface area contributed by atoms with Crippen molar-refractivity contribution in [2.45, 2.75) is 12.5 Å². The Morgan fingerprint density at radius 3 is 2.62 bits per heavy atom. The number of aromatic nitrogens is 4. The van der Waals surface area contributed by atoms with Gasteiger partial charge in [0.2, 0.25) is 0 Å². The normalized spacial score (nSPS) is 12.3. The highest BCUT2D eigenvalue weighted by Gasteiger charge is 2.14. The molecule has 0 fully saturated rings. The minimum Gasteiger partial charge on any atom is -0.386 e. The molecule has 1 aromatic carbocycles. The van der Waals surface area contributed by atoms with E-state index in [4.69, 9.17) is 0 Å². The van der Waals surface area contributed by atoms with Gasteiger partial charge >= 0.3 is 0 Å². The van der Waals surface area contributed by atoms with Crippen LogP contribution in [0.1, 0.15) is 17.5 Å². The average molecular weight is 345 g/mol. The molecule has 1 N–H and O–H groups in total. The van der Waals surface area contributed by atoms with Gasteiger partial charge in [-0.2, -0.15) is 15.0 Å². The molecule has 0 saturated heterocycles. The van der Waals surface area contributed by atoms with Crippen LogP contribution in [0.3, 0.4) is 0 Å². The van der Waals surface area contributed by atoms with Crippen LogP contribution < -0.4 is 0 Å². The monoisotopic (exact) mass is 344 g/mol. The Kier molecular flexibility index (Phi) is 4.08. The van der Waals surface area contributed by atoms with Gasteiger partial charge in [0.25, 0.3) is 0 Å². The van der Waals surface area contributed by atoms with Crippen LogP contribution in [-0.4, -0.2) is 25.1 Å². The first-order valence-corrected chi connectivity index (χ1v) is 7.28. The fourth-order valence-corrected chi connectivity index (χ4v) is 2.18. The molecule has 6 heteroatoms. The van der Waals surface area contributed by atoms with E-state index in [1.807, 2.05) is 42.5 Å². The molecule has 0 saturated carbocycles. The highest BCUT2D eigenvalue weighted by molar-refractivity contribution is 9.10. The number of benzene rings is 1. The van der Waals surface area contributed by atoms with Crippen molar-refractivity contribution in [3.8, 4) is 5.69 Å². The van der Waals surface area contributed by atoms with Gasteiger partial charge in [0.1, 0.15) is 11.8 Å². The smallest absolute Gasteiger partial charge is 0.112 e. The maximum atomic E-state index is 10.2. The summed E-state index contributed by atoms with van der Waals surface area (Å²) in [5.41, 5.74) is 2.20. The van der Waals surface area contributed by atoms with Gasteiger partial charge in [0, 0.05) is 22.8 Å². The highest BCUT2D eigenvalue weighted by atomic mass is 79.9. The zero-order chi connectivity index (χ0) is 14.7. The Morgan fingerprint density at radius 1 is 1.10 bits per heavy atom. The van der Waals surface area contributed by atoms with E-state index in [1.165, 1.54) is 4.80 Å². The minimum absolute atomic E-state index is 0.404. The first-order chi connectivity index (χ1) is 10.2. The van der Waals surface area contributed by atoms with Crippen molar-refractivity contribution < 1.29 is 5.11 Å². The summed E-state index contributed by atoms with van der Waals surface area (Å²) in [6.45, 7) is 0. The molecule has 0 amide bonds. The summed E-state index contributed by atoms with van der Waals surface area (Å²) in [5.74, 6) is 0.